The highest BCUT2D eigenvalue weighted by atomic mass is 35.5. The van der Waals surface area contributed by atoms with Crippen LogP contribution in [0.15, 0.2) is 18.2 Å². The molecule has 0 aliphatic rings. The number of aliphatic hydroxyl groups excluding tert-OH is 1. The number of thiophene rings is 1. The van der Waals surface area contributed by atoms with Crippen LogP contribution < -0.4 is 0 Å². The van der Waals surface area contributed by atoms with E-state index in [0.29, 0.717) is 10.0 Å². The Kier molecular flexibility index (Phi) is 3.46. The molecule has 7 heteroatoms. The van der Waals surface area contributed by atoms with Gasteiger partial charge in [0, 0.05) is 0 Å². The van der Waals surface area contributed by atoms with Crippen molar-refractivity contribution in [2.24, 2.45) is 0 Å². The molecule has 2 rings (SSSR count). The number of carbonyl (C=O) groups is 1. The summed E-state index contributed by atoms with van der Waals surface area (Å²) in [5.74, 6) is -1.09. The fraction of sp³-hybridized carbons (Fsp3) is 0.200. The number of aliphatic hydroxyl groups is 1. The Balaban J connectivity index is 2.47. The second kappa shape index (κ2) is 4.87. The number of aromatic nitrogens is 2. The minimum Gasteiger partial charge on any atom is -0.476 e. The summed E-state index contributed by atoms with van der Waals surface area (Å²) in [5, 5.41) is 21.7. The fourth-order valence-electron chi connectivity index (χ4n) is 1.44. The van der Waals surface area contributed by atoms with Gasteiger partial charge >= 0.3 is 5.97 Å². The number of rotatable bonds is 4. The molecule has 0 aliphatic heterocycles. The van der Waals surface area contributed by atoms with Gasteiger partial charge in [-0.05, 0) is 18.2 Å². The number of hydrogen-bond acceptors (Lipinski definition) is 4. The van der Waals surface area contributed by atoms with E-state index >= 15 is 0 Å². The highest BCUT2D eigenvalue weighted by Gasteiger charge is 2.15. The maximum Gasteiger partial charge on any atom is 0.356 e. The molecule has 0 radical (unpaired) electrons. The van der Waals surface area contributed by atoms with Crippen molar-refractivity contribution in [3.63, 3.8) is 0 Å². The van der Waals surface area contributed by atoms with E-state index in [2.05, 4.69) is 5.10 Å². The first-order valence-corrected chi connectivity index (χ1v) is 5.99. The normalized spacial score (nSPS) is 10.7. The van der Waals surface area contributed by atoms with Gasteiger partial charge in [-0.1, -0.05) is 11.6 Å². The predicted molar refractivity (Wildman–Crippen MR) is 64.6 cm³/mol. The summed E-state index contributed by atoms with van der Waals surface area (Å²) in [6.45, 7) is 0.144. The first-order chi connectivity index (χ1) is 8.11. The Morgan fingerprint density at radius 2 is 2.29 bits per heavy atom. The largest absolute Gasteiger partial charge is 0.476 e. The monoisotopic (exact) mass is 272 g/mol. The van der Waals surface area contributed by atoms with Gasteiger partial charge in [0.05, 0.1) is 28.1 Å². The molecule has 90 valence electrons. The van der Waals surface area contributed by atoms with Crippen LogP contribution in [0.25, 0.3) is 10.6 Å². The number of aromatic carboxylic acids is 1. The molecule has 0 saturated heterocycles. The van der Waals surface area contributed by atoms with Gasteiger partial charge in [-0.2, -0.15) is 5.10 Å². The fourth-order valence-corrected chi connectivity index (χ4v) is 2.50. The lowest BCUT2D eigenvalue weighted by molar-refractivity contribution is 0.0689. The van der Waals surface area contributed by atoms with Crippen molar-refractivity contribution in [3.05, 3.63) is 28.2 Å². The van der Waals surface area contributed by atoms with Crippen LogP contribution in [0.2, 0.25) is 4.34 Å². The summed E-state index contributed by atoms with van der Waals surface area (Å²) >= 11 is 7.17. The van der Waals surface area contributed by atoms with Crippen LogP contribution >= 0.6 is 22.9 Å². The minimum absolute atomic E-state index is 0.0435. The Hall–Kier alpha value is -1.37. The third kappa shape index (κ3) is 2.49. The van der Waals surface area contributed by atoms with E-state index in [9.17, 15) is 4.79 Å². The van der Waals surface area contributed by atoms with E-state index in [1.807, 2.05) is 0 Å². The van der Waals surface area contributed by atoms with E-state index in [0.717, 1.165) is 4.88 Å². The Morgan fingerprint density at radius 3 is 2.82 bits per heavy atom. The molecule has 2 heterocycles. The molecule has 2 N–H and O–H groups in total. The van der Waals surface area contributed by atoms with Gasteiger partial charge in [0.15, 0.2) is 5.69 Å². The Bertz CT molecular complexity index is 549. The lowest BCUT2D eigenvalue weighted by Gasteiger charge is -2.02. The summed E-state index contributed by atoms with van der Waals surface area (Å²) < 4.78 is 2.08. The van der Waals surface area contributed by atoms with Crippen LogP contribution in [0, 0.1) is 0 Å². The average Bonchev–Trinajstić information content (AvgIpc) is 2.85. The van der Waals surface area contributed by atoms with Crippen LogP contribution in [-0.2, 0) is 6.54 Å². The van der Waals surface area contributed by atoms with Gasteiger partial charge in [-0.15, -0.1) is 11.3 Å². The van der Waals surface area contributed by atoms with Crippen molar-refractivity contribution in [2.75, 3.05) is 6.61 Å². The number of halogens is 1. The molecule has 2 aromatic heterocycles. The third-order valence-corrected chi connectivity index (χ3v) is 3.39. The van der Waals surface area contributed by atoms with E-state index in [1.165, 1.54) is 22.1 Å². The zero-order valence-corrected chi connectivity index (χ0v) is 10.2. The molecule has 0 fully saturated rings. The molecule has 0 unspecified atom stereocenters. The van der Waals surface area contributed by atoms with Crippen LogP contribution in [0.3, 0.4) is 0 Å². The summed E-state index contributed by atoms with van der Waals surface area (Å²) in [4.78, 5) is 11.7. The quantitative estimate of drug-likeness (QED) is 0.892. The number of hydrogen-bond donors (Lipinski definition) is 2. The Morgan fingerprint density at radius 1 is 1.53 bits per heavy atom. The van der Waals surface area contributed by atoms with Crippen molar-refractivity contribution in [3.8, 4) is 10.6 Å². The number of nitrogens with zero attached hydrogens (tertiary/aromatic N) is 2. The van der Waals surface area contributed by atoms with Gasteiger partial charge in [-0.25, -0.2) is 4.79 Å². The molecular weight excluding hydrogens is 264 g/mol. The molecule has 0 aromatic carbocycles. The van der Waals surface area contributed by atoms with E-state index in [-0.39, 0.29) is 18.8 Å². The van der Waals surface area contributed by atoms with Gasteiger partial charge < -0.3 is 10.2 Å². The second-order valence-corrected chi connectivity index (χ2v) is 4.99. The molecule has 0 amide bonds. The smallest absolute Gasteiger partial charge is 0.356 e. The minimum atomic E-state index is -1.09. The highest BCUT2D eigenvalue weighted by molar-refractivity contribution is 7.19. The standard InChI is InChI=1S/C10H9ClN2O3S/c11-9-2-1-8(17-9)7-5-6(10(15)16)12-13(7)3-4-14/h1-2,5,14H,3-4H2,(H,15,16). The lowest BCUT2D eigenvalue weighted by Crippen LogP contribution is -2.07. The van der Waals surface area contributed by atoms with Crippen molar-refractivity contribution in [1.82, 2.24) is 9.78 Å². The predicted octanol–water partition coefficient (Wildman–Crippen LogP) is 1.96. The lowest BCUT2D eigenvalue weighted by atomic mass is 10.3. The van der Waals surface area contributed by atoms with Crippen molar-refractivity contribution in [1.29, 1.82) is 0 Å². The molecule has 5 nitrogen and oxygen atoms in total. The molecule has 0 spiro atoms. The zero-order valence-electron chi connectivity index (χ0n) is 8.63. The summed E-state index contributed by atoms with van der Waals surface area (Å²) in [7, 11) is 0. The van der Waals surface area contributed by atoms with Crippen LogP contribution in [0.1, 0.15) is 10.5 Å². The van der Waals surface area contributed by atoms with Gasteiger partial charge in [0.25, 0.3) is 0 Å². The summed E-state index contributed by atoms with van der Waals surface area (Å²) in [6.07, 6.45) is 0. The second-order valence-electron chi connectivity index (χ2n) is 3.27. The zero-order chi connectivity index (χ0) is 12.4. The van der Waals surface area contributed by atoms with Gasteiger partial charge in [-0.3, -0.25) is 4.68 Å². The molecular formula is C10H9ClN2O3S. The van der Waals surface area contributed by atoms with E-state index in [4.69, 9.17) is 21.8 Å². The van der Waals surface area contributed by atoms with Crippen LogP contribution in [-0.4, -0.2) is 32.6 Å². The molecule has 0 saturated carbocycles. The molecule has 17 heavy (non-hydrogen) atoms. The van der Waals surface area contributed by atoms with E-state index in [1.54, 1.807) is 12.1 Å². The van der Waals surface area contributed by atoms with E-state index < -0.39 is 5.97 Å². The first kappa shape index (κ1) is 12.1. The SMILES string of the molecule is O=C(O)c1cc(-c2ccc(Cl)s2)n(CCO)n1. The first-order valence-electron chi connectivity index (χ1n) is 4.79. The number of carboxylic acid groups (broad SMARTS) is 1. The number of carboxylic acids is 1. The van der Waals surface area contributed by atoms with Crippen molar-refractivity contribution >= 4 is 28.9 Å². The van der Waals surface area contributed by atoms with Gasteiger partial charge in [0.2, 0.25) is 0 Å². The van der Waals surface area contributed by atoms with Crippen LogP contribution in [0.5, 0.6) is 0 Å². The molecule has 0 bridgehead atoms. The molecule has 0 atom stereocenters. The maximum absolute atomic E-state index is 10.8. The Labute approximate surface area is 106 Å². The van der Waals surface area contributed by atoms with Gasteiger partial charge in [0.1, 0.15) is 0 Å². The molecule has 0 aliphatic carbocycles. The van der Waals surface area contributed by atoms with Crippen LogP contribution in [0.4, 0.5) is 0 Å². The van der Waals surface area contributed by atoms with Crippen molar-refractivity contribution in [2.45, 2.75) is 6.54 Å². The third-order valence-electron chi connectivity index (χ3n) is 2.14. The maximum atomic E-state index is 10.8. The summed E-state index contributed by atoms with van der Waals surface area (Å²) in [6, 6.07) is 5.00. The van der Waals surface area contributed by atoms with Crippen molar-refractivity contribution < 1.29 is 15.0 Å². The summed E-state index contributed by atoms with van der Waals surface area (Å²) in [5.41, 5.74) is 0.603. The average molecular weight is 273 g/mol. The topological polar surface area (TPSA) is 75.3 Å². The highest BCUT2D eigenvalue weighted by Crippen LogP contribution is 2.31. The molecule has 2 aromatic rings.